The fourth-order valence-electron chi connectivity index (χ4n) is 6.37. The van der Waals surface area contributed by atoms with Crippen LogP contribution in [0.5, 0.6) is 11.5 Å². The Bertz CT molecular complexity index is 1270. The van der Waals surface area contributed by atoms with Crippen LogP contribution in [-0.2, 0) is 4.74 Å². The number of morpholine rings is 1. The van der Waals surface area contributed by atoms with Crippen molar-refractivity contribution < 1.29 is 19.0 Å². The number of hydrogen-bond acceptors (Lipinski definition) is 6. The van der Waals surface area contributed by atoms with Crippen molar-refractivity contribution in [3.63, 3.8) is 0 Å². The number of carbonyl (C=O) groups is 1. The summed E-state index contributed by atoms with van der Waals surface area (Å²) in [4.78, 5) is 20.4. The lowest BCUT2D eigenvalue weighted by molar-refractivity contribution is -0.274. The molecule has 35 heavy (non-hydrogen) atoms. The van der Waals surface area contributed by atoms with Crippen LogP contribution in [0.15, 0.2) is 48.7 Å². The lowest BCUT2D eigenvalue weighted by Crippen LogP contribution is -2.70. The molecule has 5 aliphatic rings. The molecule has 4 bridgehead atoms. The third kappa shape index (κ3) is 3.65. The van der Waals surface area contributed by atoms with Gasteiger partial charge in [-0.3, -0.25) is 14.7 Å². The summed E-state index contributed by atoms with van der Waals surface area (Å²) in [5, 5.41) is 3.95. The molecule has 1 amide bonds. The zero-order chi connectivity index (χ0) is 24.2. The highest BCUT2D eigenvalue weighted by atomic mass is 16.5. The van der Waals surface area contributed by atoms with E-state index in [1.807, 2.05) is 24.4 Å². The number of nitrogens with one attached hydrogen (secondary N) is 1. The number of nitrogens with zero attached hydrogens (tertiary/aromatic N) is 2. The SMILES string of the molecule is CCC12CN3CCC1CC3[C@H](c1ccnc3ccc(C(=O)Nc4cc(OC)cc(OC)c4)cc13)O2. The minimum atomic E-state index is -0.198. The van der Waals surface area contributed by atoms with Crippen LogP contribution in [0.3, 0.4) is 0 Å². The Kier molecular flexibility index (Phi) is 5.42. The van der Waals surface area contributed by atoms with Crippen LogP contribution >= 0.6 is 0 Å². The standard InChI is InChI=1S/C28H31N3O4/c1-4-28-16-31-10-8-18(28)12-25(31)26(35-28)22-7-9-29-24-6-5-17(11-23(22)24)27(32)30-19-13-20(33-2)15-21(14-19)34-3/h5-7,9,11,13-15,18,25-26H,4,8,10,12,16H2,1-3H3,(H,30,32)/t18?,25?,26-,28?/m0/s1. The van der Waals surface area contributed by atoms with Crippen LogP contribution in [0.2, 0.25) is 0 Å². The molecule has 5 aliphatic heterocycles. The first-order chi connectivity index (χ1) is 17.0. The van der Waals surface area contributed by atoms with Crippen molar-refractivity contribution in [2.45, 2.75) is 43.9 Å². The summed E-state index contributed by atoms with van der Waals surface area (Å²) >= 11 is 0. The van der Waals surface area contributed by atoms with E-state index in [-0.39, 0.29) is 17.6 Å². The van der Waals surface area contributed by atoms with Crippen molar-refractivity contribution in [3.05, 3.63) is 59.8 Å². The number of rotatable bonds is 6. The largest absolute Gasteiger partial charge is 0.497 e. The van der Waals surface area contributed by atoms with Gasteiger partial charge in [-0.05, 0) is 61.6 Å². The van der Waals surface area contributed by atoms with Gasteiger partial charge in [-0.25, -0.2) is 0 Å². The van der Waals surface area contributed by atoms with Gasteiger partial charge in [0.1, 0.15) is 11.5 Å². The van der Waals surface area contributed by atoms with E-state index in [1.54, 1.807) is 32.4 Å². The molecule has 7 heteroatoms. The zero-order valence-corrected chi connectivity index (χ0v) is 20.4. The minimum Gasteiger partial charge on any atom is -0.497 e. The van der Waals surface area contributed by atoms with Crippen molar-refractivity contribution in [3.8, 4) is 11.5 Å². The summed E-state index contributed by atoms with van der Waals surface area (Å²) in [5.41, 5.74) is 3.12. The van der Waals surface area contributed by atoms with E-state index in [0.29, 0.717) is 34.7 Å². The maximum Gasteiger partial charge on any atom is 0.255 e. The van der Waals surface area contributed by atoms with Crippen LogP contribution < -0.4 is 14.8 Å². The van der Waals surface area contributed by atoms with Crippen LogP contribution in [0.4, 0.5) is 5.69 Å². The molecule has 4 unspecified atom stereocenters. The van der Waals surface area contributed by atoms with E-state index in [0.717, 1.165) is 36.0 Å². The van der Waals surface area contributed by atoms with E-state index in [9.17, 15) is 4.79 Å². The first-order valence-corrected chi connectivity index (χ1v) is 12.4. The van der Waals surface area contributed by atoms with Gasteiger partial charge in [0.2, 0.25) is 0 Å². The molecular formula is C28H31N3O4. The number of amides is 1. The van der Waals surface area contributed by atoms with Crippen molar-refractivity contribution in [1.82, 2.24) is 9.88 Å². The third-order valence-corrected chi connectivity index (χ3v) is 8.24. The first-order valence-electron chi connectivity index (χ1n) is 12.4. The Hall–Kier alpha value is -3.16. The molecule has 1 aromatic heterocycles. The minimum absolute atomic E-state index is 0.00768. The van der Waals surface area contributed by atoms with Crippen LogP contribution in [-0.4, -0.2) is 54.7 Å². The number of carbonyl (C=O) groups excluding carboxylic acids is 1. The number of aromatic nitrogens is 1. The molecule has 5 saturated heterocycles. The monoisotopic (exact) mass is 473 g/mol. The van der Waals surface area contributed by atoms with E-state index in [2.05, 4.69) is 28.2 Å². The second-order valence-corrected chi connectivity index (χ2v) is 9.90. The fourth-order valence-corrected chi connectivity index (χ4v) is 6.37. The molecule has 2 aromatic carbocycles. The van der Waals surface area contributed by atoms with E-state index in [1.165, 1.54) is 12.8 Å². The molecule has 0 aliphatic carbocycles. The predicted molar refractivity (Wildman–Crippen MR) is 134 cm³/mol. The molecule has 6 heterocycles. The molecule has 5 fully saturated rings. The van der Waals surface area contributed by atoms with Crippen molar-refractivity contribution in [1.29, 1.82) is 0 Å². The first kappa shape index (κ1) is 22.3. The number of piperidine rings is 3. The van der Waals surface area contributed by atoms with E-state index in [4.69, 9.17) is 14.2 Å². The Labute approximate surface area is 205 Å². The highest BCUT2D eigenvalue weighted by molar-refractivity contribution is 6.06. The molecule has 0 spiro atoms. The number of ether oxygens (including phenoxy) is 3. The topological polar surface area (TPSA) is 72.9 Å². The number of methoxy groups -OCH3 is 2. The third-order valence-electron chi connectivity index (χ3n) is 8.24. The Morgan fingerprint density at radius 1 is 1.17 bits per heavy atom. The molecule has 0 saturated carbocycles. The van der Waals surface area contributed by atoms with Crippen molar-refractivity contribution >= 4 is 22.5 Å². The maximum absolute atomic E-state index is 13.2. The Balaban J connectivity index is 1.34. The van der Waals surface area contributed by atoms with Crippen molar-refractivity contribution in [2.24, 2.45) is 5.92 Å². The molecule has 1 N–H and O–H groups in total. The lowest BCUT2D eigenvalue weighted by atomic mass is 9.66. The van der Waals surface area contributed by atoms with Gasteiger partial charge in [0, 0.05) is 53.6 Å². The summed E-state index contributed by atoms with van der Waals surface area (Å²) in [6, 6.07) is 13.5. The second kappa shape index (κ2) is 8.50. The quantitative estimate of drug-likeness (QED) is 0.554. The summed E-state index contributed by atoms with van der Waals surface area (Å²) in [6.45, 7) is 4.44. The number of benzene rings is 2. The van der Waals surface area contributed by atoms with Crippen LogP contribution in [0.25, 0.3) is 10.9 Å². The van der Waals surface area contributed by atoms with Gasteiger partial charge in [-0.1, -0.05) is 6.92 Å². The normalized spacial score (nSPS) is 28.8. The molecule has 3 aromatic rings. The average molecular weight is 474 g/mol. The Morgan fingerprint density at radius 3 is 2.66 bits per heavy atom. The second-order valence-electron chi connectivity index (χ2n) is 9.90. The summed E-state index contributed by atoms with van der Waals surface area (Å²) < 4.78 is 17.6. The highest BCUT2D eigenvalue weighted by Gasteiger charge is 2.58. The maximum atomic E-state index is 13.2. The Morgan fingerprint density at radius 2 is 1.97 bits per heavy atom. The van der Waals surface area contributed by atoms with Gasteiger partial charge in [0.05, 0.1) is 31.4 Å². The number of pyridine rings is 1. The number of anilines is 1. The smallest absolute Gasteiger partial charge is 0.255 e. The van der Waals surface area contributed by atoms with Gasteiger partial charge < -0.3 is 19.5 Å². The molecular weight excluding hydrogens is 442 g/mol. The summed E-state index contributed by atoms with van der Waals surface area (Å²) in [5.74, 6) is 1.68. The molecule has 0 radical (unpaired) electrons. The van der Waals surface area contributed by atoms with Gasteiger partial charge in [-0.2, -0.15) is 0 Å². The van der Waals surface area contributed by atoms with Gasteiger partial charge in [0.15, 0.2) is 0 Å². The number of fused-ring (bicyclic) bond motifs is 3. The van der Waals surface area contributed by atoms with E-state index >= 15 is 0 Å². The van der Waals surface area contributed by atoms with Gasteiger partial charge in [-0.15, -0.1) is 0 Å². The molecule has 7 nitrogen and oxygen atoms in total. The molecule has 5 atom stereocenters. The van der Waals surface area contributed by atoms with Crippen LogP contribution in [0, 0.1) is 5.92 Å². The van der Waals surface area contributed by atoms with Gasteiger partial charge in [0.25, 0.3) is 5.91 Å². The summed E-state index contributed by atoms with van der Waals surface area (Å²) in [6.07, 6.45) is 5.29. The lowest BCUT2D eigenvalue weighted by Gasteiger charge is -2.64. The summed E-state index contributed by atoms with van der Waals surface area (Å²) in [7, 11) is 3.17. The van der Waals surface area contributed by atoms with E-state index < -0.39 is 0 Å². The fraction of sp³-hybridized carbons (Fsp3) is 0.429. The zero-order valence-electron chi connectivity index (χ0n) is 20.4. The highest BCUT2D eigenvalue weighted by Crippen LogP contribution is 2.54. The number of hydrogen-bond donors (Lipinski definition) is 1. The van der Waals surface area contributed by atoms with Crippen molar-refractivity contribution in [2.75, 3.05) is 32.6 Å². The molecule has 8 rings (SSSR count). The van der Waals surface area contributed by atoms with Crippen LogP contribution in [0.1, 0.15) is 48.2 Å². The van der Waals surface area contributed by atoms with Gasteiger partial charge >= 0.3 is 0 Å². The average Bonchev–Trinajstić information content (AvgIpc) is 2.91. The predicted octanol–water partition coefficient (Wildman–Crippen LogP) is 4.82. The molecule has 182 valence electrons.